The van der Waals surface area contributed by atoms with Crippen LogP contribution in [0.3, 0.4) is 0 Å². The predicted octanol–water partition coefficient (Wildman–Crippen LogP) is 5.92. The maximum Gasteiger partial charge on any atom is 0.414 e. The number of thiophene rings is 1. The fourth-order valence-electron chi connectivity index (χ4n) is 3.54. The van der Waals surface area contributed by atoms with Gasteiger partial charge in [-0.2, -0.15) is 0 Å². The molecule has 0 aliphatic heterocycles. The summed E-state index contributed by atoms with van der Waals surface area (Å²) < 4.78 is 4.84. The van der Waals surface area contributed by atoms with Crippen LogP contribution in [0, 0.1) is 5.92 Å². The van der Waals surface area contributed by atoms with Crippen molar-refractivity contribution in [2.75, 3.05) is 17.7 Å². The molecule has 1 aromatic carbocycles. The largest absolute Gasteiger partial charge is 0.450 e. The van der Waals surface area contributed by atoms with Crippen LogP contribution < -0.4 is 10.6 Å². The molecule has 3 amide bonds. The molecule has 1 aliphatic rings. The van der Waals surface area contributed by atoms with Gasteiger partial charge in [-0.3, -0.25) is 14.9 Å². The molecule has 0 saturated carbocycles. The van der Waals surface area contributed by atoms with E-state index in [1.54, 1.807) is 18.7 Å². The molecular weight excluding hydrogens is 468 g/mol. The number of anilines is 1. The van der Waals surface area contributed by atoms with Crippen molar-refractivity contribution in [3.8, 4) is 0 Å². The Hall–Kier alpha value is -2.03. The van der Waals surface area contributed by atoms with Gasteiger partial charge >= 0.3 is 6.09 Å². The first-order valence-electron chi connectivity index (χ1n) is 10.7. The average Bonchev–Trinajstić information content (AvgIpc) is 3.09. The van der Waals surface area contributed by atoms with Crippen molar-refractivity contribution in [3.63, 3.8) is 0 Å². The van der Waals surface area contributed by atoms with Crippen molar-refractivity contribution >= 4 is 57.6 Å². The molecule has 1 atom stereocenters. The van der Waals surface area contributed by atoms with Crippen LogP contribution in [0.1, 0.15) is 53.9 Å². The Morgan fingerprint density at radius 2 is 2.00 bits per heavy atom. The number of alkyl carbamates (subject to hydrolysis) is 1. The van der Waals surface area contributed by atoms with Crippen molar-refractivity contribution in [2.24, 2.45) is 5.92 Å². The number of imide groups is 1. The molecule has 0 saturated heterocycles. The second kappa shape index (κ2) is 11.7. The summed E-state index contributed by atoms with van der Waals surface area (Å²) in [6, 6.07) is 7.61. The lowest BCUT2D eigenvalue weighted by Gasteiger charge is -2.18. The van der Waals surface area contributed by atoms with E-state index in [0.29, 0.717) is 34.3 Å². The van der Waals surface area contributed by atoms with Crippen LogP contribution >= 0.6 is 34.7 Å². The van der Waals surface area contributed by atoms with Crippen LogP contribution in [0.2, 0.25) is 5.02 Å². The van der Waals surface area contributed by atoms with Gasteiger partial charge in [-0.15, -0.1) is 23.1 Å². The Kier molecular flexibility index (Phi) is 9.02. The van der Waals surface area contributed by atoms with Gasteiger partial charge in [0.15, 0.2) is 0 Å². The third-order valence-electron chi connectivity index (χ3n) is 5.11. The van der Waals surface area contributed by atoms with Gasteiger partial charge < -0.3 is 10.1 Å². The number of ether oxygens (including phenoxy) is 1. The summed E-state index contributed by atoms with van der Waals surface area (Å²) in [6.07, 6.45) is 2.86. The number of carbonyl (C=O) groups excluding carboxylic acids is 3. The molecule has 6 nitrogen and oxygen atoms in total. The molecule has 172 valence electrons. The van der Waals surface area contributed by atoms with Crippen molar-refractivity contribution in [3.05, 3.63) is 45.3 Å². The highest BCUT2D eigenvalue weighted by atomic mass is 35.5. The highest BCUT2D eigenvalue weighted by molar-refractivity contribution is 7.99. The van der Waals surface area contributed by atoms with Crippen LogP contribution in [0.25, 0.3) is 0 Å². The molecule has 1 heterocycles. The first-order valence-corrected chi connectivity index (χ1v) is 12.9. The van der Waals surface area contributed by atoms with Crippen LogP contribution in [-0.4, -0.2) is 30.3 Å². The van der Waals surface area contributed by atoms with Crippen LogP contribution in [0.5, 0.6) is 0 Å². The summed E-state index contributed by atoms with van der Waals surface area (Å²) in [5.41, 5.74) is 1.33. The Bertz CT molecular complexity index is 975. The van der Waals surface area contributed by atoms with E-state index in [2.05, 4.69) is 17.6 Å². The first-order chi connectivity index (χ1) is 15.4. The van der Waals surface area contributed by atoms with Crippen molar-refractivity contribution in [1.82, 2.24) is 5.32 Å². The molecule has 1 unspecified atom stereocenters. The predicted molar refractivity (Wildman–Crippen MR) is 130 cm³/mol. The maximum atomic E-state index is 12.8. The van der Waals surface area contributed by atoms with E-state index in [0.717, 1.165) is 40.4 Å². The highest BCUT2D eigenvalue weighted by Crippen LogP contribution is 2.39. The van der Waals surface area contributed by atoms with Crippen LogP contribution in [0.15, 0.2) is 29.2 Å². The normalized spacial score (nSPS) is 15.0. The summed E-state index contributed by atoms with van der Waals surface area (Å²) in [4.78, 5) is 39.4. The second-order valence-corrected chi connectivity index (χ2v) is 10.4. The number of carbonyl (C=O) groups is 3. The molecule has 1 aromatic heterocycles. The topological polar surface area (TPSA) is 84.5 Å². The summed E-state index contributed by atoms with van der Waals surface area (Å²) in [5, 5.41) is 6.40. The maximum absolute atomic E-state index is 12.8. The average molecular weight is 495 g/mol. The molecule has 0 fully saturated rings. The molecule has 2 aromatic rings. The highest BCUT2D eigenvalue weighted by Gasteiger charge is 2.29. The minimum absolute atomic E-state index is 0.140. The number of halogens is 1. The number of amides is 3. The Morgan fingerprint density at radius 3 is 2.72 bits per heavy atom. The van der Waals surface area contributed by atoms with Gasteiger partial charge in [0.05, 0.1) is 12.2 Å². The van der Waals surface area contributed by atoms with E-state index in [-0.39, 0.29) is 12.5 Å². The van der Waals surface area contributed by atoms with E-state index in [9.17, 15) is 14.4 Å². The third-order valence-corrected chi connectivity index (χ3v) is 7.63. The number of nitrogens with one attached hydrogen (secondary N) is 2. The quantitative estimate of drug-likeness (QED) is 0.351. The van der Waals surface area contributed by atoms with Crippen molar-refractivity contribution in [2.45, 2.75) is 50.8 Å². The number of benzene rings is 1. The Morgan fingerprint density at radius 1 is 1.25 bits per heavy atom. The van der Waals surface area contributed by atoms with Gasteiger partial charge in [-0.25, -0.2) is 4.79 Å². The van der Waals surface area contributed by atoms with Gasteiger partial charge in [-0.1, -0.05) is 18.5 Å². The zero-order valence-corrected chi connectivity index (χ0v) is 20.6. The molecule has 32 heavy (non-hydrogen) atoms. The first kappa shape index (κ1) is 24.6. The molecule has 9 heteroatoms. The molecule has 2 N–H and O–H groups in total. The lowest BCUT2D eigenvalue weighted by Crippen LogP contribution is -2.32. The Labute approximate surface area is 201 Å². The lowest BCUT2D eigenvalue weighted by molar-refractivity contribution is -0.116. The van der Waals surface area contributed by atoms with E-state index in [1.807, 2.05) is 24.3 Å². The van der Waals surface area contributed by atoms with Crippen molar-refractivity contribution < 1.29 is 19.1 Å². The fourth-order valence-corrected chi connectivity index (χ4v) is 5.95. The lowest BCUT2D eigenvalue weighted by atomic mass is 9.88. The number of fused-ring (bicyclic) bond motifs is 1. The molecule has 3 rings (SSSR count). The zero-order chi connectivity index (χ0) is 23.1. The Balaban J connectivity index is 1.62. The SMILES string of the molecule is CCOC(=O)NC(=O)c1c(NC(=O)CCCSc2ccc(Cl)cc2)sc2c1CCC(C)C2. The number of hydrogen-bond acceptors (Lipinski definition) is 6. The molecule has 0 radical (unpaired) electrons. The molecule has 1 aliphatic carbocycles. The van der Waals surface area contributed by atoms with Gasteiger partial charge in [0.25, 0.3) is 5.91 Å². The standard InChI is InChI=1S/C23H27ClN2O4S2/c1-3-30-23(29)26-21(28)20-17-11-6-14(2)13-18(17)32-22(20)25-19(27)5-4-12-31-16-9-7-15(24)8-10-16/h7-10,14H,3-6,11-13H2,1-2H3,(H,25,27)(H,26,28,29). The van der Waals surface area contributed by atoms with E-state index >= 15 is 0 Å². The monoisotopic (exact) mass is 494 g/mol. The van der Waals surface area contributed by atoms with Crippen LogP contribution in [-0.2, 0) is 22.4 Å². The molecular formula is C23H27ClN2O4S2. The van der Waals surface area contributed by atoms with Gasteiger partial charge in [-0.05, 0) is 74.1 Å². The minimum atomic E-state index is -0.780. The molecule has 0 spiro atoms. The van der Waals surface area contributed by atoms with Gasteiger partial charge in [0, 0.05) is 21.2 Å². The zero-order valence-electron chi connectivity index (χ0n) is 18.2. The number of rotatable bonds is 8. The third kappa shape index (κ3) is 6.73. The molecule has 0 bridgehead atoms. The summed E-state index contributed by atoms with van der Waals surface area (Å²) >= 11 is 9.01. The minimum Gasteiger partial charge on any atom is -0.450 e. The van der Waals surface area contributed by atoms with E-state index in [4.69, 9.17) is 16.3 Å². The van der Waals surface area contributed by atoms with E-state index < -0.39 is 12.0 Å². The summed E-state index contributed by atoms with van der Waals surface area (Å²) in [7, 11) is 0. The number of hydrogen-bond donors (Lipinski definition) is 2. The smallest absolute Gasteiger partial charge is 0.414 e. The fraction of sp³-hybridized carbons (Fsp3) is 0.435. The van der Waals surface area contributed by atoms with Gasteiger partial charge in [0.2, 0.25) is 5.91 Å². The van der Waals surface area contributed by atoms with Crippen LogP contribution in [0.4, 0.5) is 9.80 Å². The summed E-state index contributed by atoms with van der Waals surface area (Å²) in [5.74, 6) is 0.655. The van der Waals surface area contributed by atoms with Gasteiger partial charge in [0.1, 0.15) is 5.00 Å². The summed E-state index contributed by atoms with van der Waals surface area (Å²) in [6.45, 7) is 4.03. The number of thioether (sulfide) groups is 1. The van der Waals surface area contributed by atoms with E-state index in [1.165, 1.54) is 11.3 Å². The van der Waals surface area contributed by atoms with Crippen molar-refractivity contribution in [1.29, 1.82) is 0 Å². The second-order valence-electron chi connectivity index (χ2n) is 7.68.